The summed E-state index contributed by atoms with van der Waals surface area (Å²) in [4.78, 5) is 15.7. The van der Waals surface area contributed by atoms with E-state index in [4.69, 9.17) is 9.84 Å². The molecule has 5 nitrogen and oxygen atoms in total. The van der Waals surface area contributed by atoms with Crippen LogP contribution in [0.25, 0.3) is 5.57 Å². The van der Waals surface area contributed by atoms with Crippen LogP contribution in [-0.4, -0.2) is 24.4 Å². The van der Waals surface area contributed by atoms with Crippen molar-refractivity contribution in [1.29, 1.82) is 0 Å². The molecule has 1 aliphatic carbocycles. The number of benzene rings is 2. The molecule has 0 aliphatic heterocycles. The fourth-order valence-electron chi connectivity index (χ4n) is 3.26. The van der Waals surface area contributed by atoms with E-state index in [1.165, 1.54) is 12.7 Å². The molecular weight excluding hydrogens is 342 g/mol. The van der Waals surface area contributed by atoms with Gasteiger partial charge in [-0.25, -0.2) is 0 Å². The molecule has 2 aromatic carbocycles. The fraction of sp³-hybridized carbons (Fsp3) is 0.273. The van der Waals surface area contributed by atoms with Gasteiger partial charge in [-0.1, -0.05) is 41.1 Å². The molecule has 0 bridgehead atoms. The first-order chi connectivity index (χ1) is 13.1. The summed E-state index contributed by atoms with van der Waals surface area (Å²) in [5.74, 6) is 0.00823. The Labute approximate surface area is 158 Å². The topological polar surface area (TPSA) is 68.1 Å². The maximum absolute atomic E-state index is 11.1. The summed E-state index contributed by atoms with van der Waals surface area (Å²) >= 11 is 0. The van der Waals surface area contributed by atoms with Crippen molar-refractivity contribution in [2.24, 2.45) is 5.16 Å². The third-order valence-corrected chi connectivity index (χ3v) is 4.77. The molecule has 1 N–H and O–H groups in total. The Morgan fingerprint density at radius 3 is 2.67 bits per heavy atom. The van der Waals surface area contributed by atoms with E-state index in [0.29, 0.717) is 6.61 Å². The minimum absolute atomic E-state index is 0.106. The molecule has 0 radical (unpaired) electrons. The standard InChI is InChI=1S/C22H23NO4/c1-15-19(11-22(24)25)8-7-18-9-10-20(12-21(15)18)27-14-17-5-3-16(4-6-17)13-23-26-2/h3-6,9-10,12-13H,7-8,11,14H2,1-2H3,(H,24,25). The maximum atomic E-state index is 11.1. The van der Waals surface area contributed by atoms with Crippen LogP contribution in [0.1, 0.15) is 42.0 Å². The lowest BCUT2D eigenvalue weighted by Gasteiger charge is -2.21. The van der Waals surface area contributed by atoms with Crippen molar-refractivity contribution in [3.8, 4) is 5.75 Å². The third kappa shape index (κ3) is 4.76. The first-order valence-electron chi connectivity index (χ1n) is 8.89. The zero-order valence-corrected chi connectivity index (χ0v) is 15.6. The molecule has 0 atom stereocenters. The van der Waals surface area contributed by atoms with Crippen LogP contribution in [0.4, 0.5) is 0 Å². The predicted molar refractivity (Wildman–Crippen MR) is 105 cm³/mol. The molecule has 2 aromatic rings. The lowest BCUT2D eigenvalue weighted by atomic mass is 9.85. The number of ether oxygens (including phenoxy) is 1. The number of hydrogen-bond acceptors (Lipinski definition) is 4. The van der Waals surface area contributed by atoms with Crippen molar-refractivity contribution in [3.05, 3.63) is 70.3 Å². The van der Waals surface area contributed by atoms with Crippen LogP contribution in [-0.2, 0) is 22.7 Å². The fourth-order valence-corrected chi connectivity index (χ4v) is 3.26. The van der Waals surface area contributed by atoms with Crippen molar-refractivity contribution >= 4 is 17.8 Å². The lowest BCUT2D eigenvalue weighted by Crippen LogP contribution is -2.08. The highest BCUT2D eigenvalue weighted by Gasteiger charge is 2.18. The van der Waals surface area contributed by atoms with Gasteiger partial charge in [-0.3, -0.25) is 4.79 Å². The molecule has 140 valence electrons. The van der Waals surface area contributed by atoms with Gasteiger partial charge in [-0.05, 0) is 59.7 Å². The number of fused-ring (bicyclic) bond motifs is 1. The number of carboxylic acid groups (broad SMARTS) is 1. The molecule has 0 fully saturated rings. The highest BCUT2D eigenvalue weighted by Crippen LogP contribution is 2.34. The second-order valence-electron chi connectivity index (χ2n) is 6.57. The second-order valence-corrected chi connectivity index (χ2v) is 6.57. The summed E-state index contributed by atoms with van der Waals surface area (Å²) in [6.45, 7) is 2.46. The molecule has 0 saturated heterocycles. The summed E-state index contributed by atoms with van der Waals surface area (Å²) < 4.78 is 5.95. The third-order valence-electron chi connectivity index (χ3n) is 4.77. The number of oxime groups is 1. The van der Waals surface area contributed by atoms with Crippen LogP contribution >= 0.6 is 0 Å². The Morgan fingerprint density at radius 2 is 1.96 bits per heavy atom. The number of nitrogens with zero attached hydrogens (tertiary/aromatic N) is 1. The summed E-state index contributed by atoms with van der Waals surface area (Å²) in [6, 6.07) is 14.0. The predicted octanol–water partition coefficient (Wildman–Crippen LogP) is 4.44. The first-order valence-corrected chi connectivity index (χ1v) is 8.89. The summed E-state index contributed by atoms with van der Waals surface area (Å²) in [7, 11) is 1.51. The first kappa shape index (κ1) is 18.7. The average molecular weight is 365 g/mol. The van der Waals surface area contributed by atoms with Gasteiger partial charge in [0, 0.05) is 0 Å². The molecule has 0 unspecified atom stereocenters. The SMILES string of the molecule is CON=Cc1ccc(COc2ccc3c(c2)C(C)=C(CC(=O)O)CC3)cc1. The summed E-state index contributed by atoms with van der Waals surface area (Å²) in [6.07, 6.45) is 3.44. The highest BCUT2D eigenvalue weighted by atomic mass is 16.6. The van der Waals surface area contributed by atoms with Crippen LogP contribution < -0.4 is 4.74 Å². The smallest absolute Gasteiger partial charge is 0.307 e. The van der Waals surface area contributed by atoms with Crippen molar-refractivity contribution < 1.29 is 19.5 Å². The van der Waals surface area contributed by atoms with E-state index in [0.717, 1.165) is 46.4 Å². The van der Waals surface area contributed by atoms with E-state index in [1.807, 2.05) is 43.3 Å². The molecular formula is C22H23NO4. The van der Waals surface area contributed by atoms with Gasteiger partial charge < -0.3 is 14.7 Å². The summed E-state index contributed by atoms with van der Waals surface area (Å²) in [5.41, 5.74) is 6.42. The zero-order valence-electron chi connectivity index (χ0n) is 15.6. The largest absolute Gasteiger partial charge is 0.489 e. The van der Waals surface area contributed by atoms with Crippen LogP contribution in [0.15, 0.2) is 53.2 Å². The minimum Gasteiger partial charge on any atom is -0.489 e. The molecule has 1 aliphatic rings. The van der Waals surface area contributed by atoms with Crippen LogP contribution in [0.3, 0.4) is 0 Å². The van der Waals surface area contributed by atoms with Crippen molar-refractivity contribution in [3.63, 3.8) is 0 Å². The number of aryl methyl sites for hydroxylation is 1. The second kappa shape index (κ2) is 8.54. The van der Waals surface area contributed by atoms with E-state index in [2.05, 4.69) is 16.1 Å². The van der Waals surface area contributed by atoms with Gasteiger partial charge in [0.25, 0.3) is 0 Å². The van der Waals surface area contributed by atoms with Crippen molar-refractivity contribution in [2.75, 3.05) is 7.11 Å². The molecule has 27 heavy (non-hydrogen) atoms. The van der Waals surface area contributed by atoms with E-state index < -0.39 is 5.97 Å². The van der Waals surface area contributed by atoms with E-state index in [-0.39, 0.29) is 6.42 Å². The molecule has 0 saturated carbocycles. The molecule has 0 spiro atoms. The van der Waals surface area contributed by atoms with Crippen LogP contribution in [0, 0.1) is 0 Å². The maximum Gasteiger partial charge on any atom is 0.307 e. The Bertz CT molecular complexity index is 882. The number of carbonyl (C=O) groups is 1. The van der Waals surface area contributed by atoms with Crippen LogP contribution in [0.5, 0.6) is 5.75 Å². The van der Waals surface area contributed by atoms with Crippen LogP contribution in [0.2, 0.25) is 0 Å². The quantitative estimate of drug-likeness (QED) is 0.582. The molecule has 0 amide bonds. The monoisotopic (exact) mass is 365 g/mol. The van der Waals surface area contributed by atoms with Crippen molar-refractivity contribution in [1.82, 2.24) is 0 Å². The number of allylic oxidation sites excluding steroid dienone is 1. The molecule has 0 aromatic heterocycles. The number of aliphatic carboxylic acids is 1. The van der Waals surface area contributed by atoms with Gasteiger partial charge in [-0.2, -0.15) is 0 Å². The normalized spacial score (nSPS) is 13.6. The molecule has 0 heterocycles. The number of carboxylic acids is 1. The van der Waals surface area contributed by atoms with Gasteiger partial charge in [0.2, 0.25) is 0 Å². The zero-order chi connectivity index (χ0) is 19.2. The van der Waals surface area contributed by atoms with E-state index >= 15 is 0 Å². The molecule has 3 rings (SSSR count). The van der Waals surface area contributed by atoms with Gasteiger partial charge in [0.1, 0.15) is 19.5 Å². The summed E-state index contributed by atoms with van der Waals surface area (Å²) in [5, 5.41) is 12.8. The number of rotatable bonds is 7. The van der Waals surface area contributed by atoms with Gasteiger partial charge >= 0.3 is 5.97 Å². The average Bonchev–Trinajstić information content (AvgIpc) is 2.67. The van der Waals surface area contributed by atoms with Gasteiger partial charge in [0.05, 0.1) is 12.6 Å². The van der Waals surface area contributed by atoms with Gasteiger partial charge in [-0.15, -0.1) is 0 Å². The molecule has 5 heteroatoms. The lowest BCUT2D eigenvalue weighted by molar-refractivity contribution is -0.136. The van der Waals surface area contributed by atoms with E-state index in [1.54, 1.807) is 6.21 Å². The van der Waals surface area contributed by atoms with Crippen molar-refractivity contribution in [2.45, 2.75) is 32.8 Å². The highest BCUT2D eigenvalue weighted by molar-refractivity contribution is 5.79. The Morgan fingerprint density at radius 1 is 1.19 bits per heavy atom. The Kier molecular flexibility index (Phi) is 5.91. The Balaban J connectivity index is 1.71. The Hall–Kier alpha value is -3.08. The van der Waals surface area contributed by atoms with Gasteiger partial charge in [0.15, 0.2) is 0 Å². The minimum atomic E-state index is -0.779. The van der Waals surface area contributed by atoms with E-state index in [9.17, 15) is 4.79 Å². The number of hydrogen-bond donors (Lipinski definition) is 1.